The first-order valence-corrected chi connectivity index (χ1v) is 6.74. The Kier molecular flexibility index (Phi) is 3.80. The molecular weight excluding hydrogens is 261 g/mol. The maximum atomic E-state index is 12.2. The number of fused-ring (bicyclic) bond motifs is 1. The van der Waals surface area contributed by atoms with E-state index >= 15 is 0 Å². The Morgan fingerprint density at radius 1 is 1.44 bits per heavy atom. The summed E-state index contributed by atoms with van der Waals surface area (Å²) in [6.07, 6.45) is 0.828. The van der Waals surface area contributed by atoms with E-state index in [1.54, 1.807) is 11.8 Å². The molecule has 0 N–H and O–H groups in total. The van der Waals surface area contributed by atoms with E-state index in [1.165, 1.54) is 6.08 Å². The van der Waals surface area contributed by atoms with E-state index in [1.807, 2.05) is 13.0 Å². The molecule has 0 aromatic rings. The molecule has 0 saturated heterocycles. The van der Waals surface area contributed by atoms with Gasteiger partial charge in [0, 0.05) is 16.6 Å². The topological polar surface area (TPSA) is 9.23 Å². The molecular formula is C13H15F3OS. The van der Waals surface area contributed by atoms with Gasteiger partial charge in [-0.05, 0) is 31.8 Å². The Morgan fingerprint density at radius 3 is 2.83 bits per heavy atom. The zero-order valence-electron chi connectivity index (χ0n) is 10.1. The highest BCUT2D eigenvalue weighted by molar-refractivity contribution is 8.04. The van der Waals surface area contributed by atoms with Crippen LogP contribution in [-0.2, 0) is 4.74 Å². The normalized spacial score (nSPS) is 29.0. The SMILES string of the molecule is C=C1CC2C=C(C=C(OC(F)(F)F)CC2)S[C@@H]1C. The zero-order valence-corrected chi connectivity index (χ0v) is 10.9. The van der Waals surface area contributed by atoms with Crippen molar-refractivity contribution in [1.29, 1.82) is 0 Å². The Hall–Kier alpha value is -0.840. The van der Waals surface area contributed by atoms with Crippen LogP contribution in [0.4, 0.5) is 13.2 Å². The smallest absolute Gasteiger partial charge is 0.410 e. The molecule has 0 aromatic carbocycles. The van der Waals surface area contributed by atoms with E-state index < -0.39 is 6.36 Å². The summed E-state index contributed by atoms with van der Waals surface area (Å²) in [4.78, 5) is 0.864. The van der Waals surface area contributed by atoms with Crippen LogP contribution in [0, 0.1) is 5.92 Å². The highest BCUT2D eigenvalue weighted by Gasteiger charge is 2.33. The Bertz CT molecular complexity index is 409. The molecule has 0 spiro atoms. The molecule has 0 saturated carbocycles. The first-order chi connectivity index (χ1) is 8.33. The first-order valence-electron chi connectivity index (χ1n) is 5.86. The minimum atomic E-state index is -4.60. The minimum absolute atomic E-state index is 0.0171. The predicted octanol–water partition coefficient (Wildman–Crippen LogP) is 4.78. The fourth-order valence-corrected chi connectivity index (χ4v) is 3.32. The molecule has 0 amide bonds. The van der Waals surface area contributed by atoms with Crippen LogP contribution < -0.4 is 0 Å². The van der Waals surface area contributed by atoms with Gasteiger partial charge in [-0.25, -0.2) is 0 Å². The number of halogens is 3. The summed E-state index contributed by atoms with van der Waals surface area (Å²) < 4.78 is 40.8. The monoisotopic (exact) mass is 276 g/mol. The van der Waals surface area contributed by atoms with Crippen LogP contribution in [0.2, 0.25) is 0 Å². The fraction of sp³-hybridized carbons (Fsp3) is 0.538. The van der Waals surface area contributed by atoms with Crippen molar-refractivity contribution < 1.29 is 17.9 Å². The molecule has 1 aliphatic heterocycles. The van der Waals surface area contributed by atoms with Gasteiger partial charge in [0.2, 0.25) is 0 Å². The maximum Gasteiger partial charge on any atom is 0.572 e. The molecule has 0 fully saturated rings. The number of allylic oxidation sites excluding steroid dienone is 3. The molecule has 2 rings (SSSR count). The molecule has 1 nitrogen and oxygen atoms in total. The lowest BCUT2D eigenvalue weighted by atomic mass is 9.94. The summed E-state index contributed by atoms with van der Waals surface area (Å²) in [5.41, 5.74) is 1.16. The largest absolute Gasteiger partial charge is 0.572 e. The molecule has 18 heavy (non-hydrogen) atoms. The van der Waals surface area contributed by atoms with Gasteiger partial charge in [-0.1, -0.05) is 18.2 Å². The second kappa shape index (κ2) is 5.03. The summed E-state index contributed by atoms with van der Waals surface area (Å²) in [5.74, 6) is 0.291. The van der Waals surface area contributed by atoms with Gasteiger partial charge >= 0.3 is 6.36 Å². The second-order valence-corrected chi connectivity index (χ2v) is 6.06. The van der Waals surface area contributed by atoms with E-state index in [9.17, 15) is 13.2 Å². The summed E-state index contributed by atoms with van der Waals surface area (Å²) >= 11 is 1.55. The number of alkyl halides is 3. The molecule has 5 heteroatoms. The van der Waals surface area contributed by atoms with Crippen LogP contribution in [0.3, 0.4) is 0 Å². The van der Waals surface area contributed by atoms with Crippen LogP contribution in [0.25, 0.3) is 0 Å². The third-order valence-electron chi connectivity index (χ3n) is 3.12. The quantitative estimate of drug-likeness (QED) is 0.637. The van der Waals surface area contributed by atoms with Crippen LogP contribution >= 0.6 is 11.8 Å². The Labute approximate surface area is 109 Å². The standard InChI is InChI=1S/C13H15F3OS/c1-8-5-10-3-4-11(17-13(14,15)16)7-12(6-10)18-9(8)2/h6-7,9-10H,1,3-5H2,2H3/t9-,10?/m1/s1. The van der Waals surface area contributed by atoms with Crippen molar-refractivity contribution in [1.82, 2.24) is 0 Å². The van der Waals surface area contributed by atoms with Crippen LogP contribution in [0.15, 0.2) is 35.0 Å². The predicted molar refractivity (Wildman–Crippen MR) is 66.8 cm³/mol. The third-order valence-corrected chi connectivity index (χ3v) is 4.34. The van der Waals surface area contributed by atoms with Gasteiger partial charge in [0.15, 0.2) is 0 Å². The second-order valence-electron chi connectivity index (χ2n) is 4.65. The molecule has 2 atom stereocenters. The van der Waals surface area contributed by atoms with Gasteiger partial charge < -0.3 is 4.74 Å². The number of ether oxygens (including phenoxy) is 1. The summed E-state index contributed by atoms with van der Waals surface area (Å²) in [7, 11) is 0. The van der Waals surface area contributed by atoms with Gasteiger partial charge in [-0.15, -0.1) is 24.9 Å². The molecule has 1 heterocycles. The van der Waals surface area contributed by atoms with Gasteiger partial charge in [0.25, 0.3) is 0 Å². The van der Waals surface area contributed by atoms with Crippen LogP contribution in [0.1, 0.15) is 26.2 Å². The molecule has 0 radical (unpaired) electrons. The summed E-state index contributed by atoms with van der Waals surface area (Å²) in [6.45, 7) is 6.07. The van der Waals surface area contributed by atoms with Crippen molar-refractivity contribution in [2.24, 2.45) is 5.92 Å². The first kappa shape index (κ1) is 13.6. The summed E-state index contributed by atoms with van der Waals surface area (Å²) in [5, 5.41) is 0.239. The van der Waals surface area contributed by atoms with Crippen LogP contribution in [0.5, 0.6) is 0 Å². The van der Waals surface area contributed by atoms with Crippen molar-refractivity contribution in [3.05, 3.63) is 35.0 Å². The van der Waals surface area contributed by atoms with Gasteiger partial charge in [-0.2, -0.15) is 0 Å². The van der Waals surface area contributed by atoms with E-state index in [4.69, 9.17) is 0 Å². The maximum absolute atomic E-state index is 12.2. The Balaban J connectivity index is 2.16. The van der Waals surface area contributed by atoms with Gasteiger partial charge in [-0.3, -0.25) is 0 Å². The number of hydrogen-bond acceptors (Lipinski definition) is 2. The van der Waals surface area contributed by atoms with E-state index in [2.05, 4.69) is 11.3 Å². The van der Waals surface area contributed by atoms with Crippen molar-refractivity contribution in [3.8, 4) is 0 Å². The van der Waals surface area contributed by atoms with Gasteiger partial charge in [0.05, 0.1) is 0 Å². The average Bonchev–Trinajstić information content (AvgIpc) is 2.45. The van der Waals surface area contributed by atoms with Crippen molar-refractivity contribution in [2.45, 2.75) is 37.8 Å². The minimum Gasteiger partial charge on any atom is -0.410 e. The van der Waals surface area contributed by atoms with Crippen molar-refractivity contribution in [3.63, 3.8) is 0 Å². The van der Waals surface area contributed by atoms with E-state index in [0.29, 0.717) is 12.8 Å². The lowest BCUT2D eigenvalue weighted by Crippen LogP contribution is -2.13. The fourth-order valence-electron chi connectivity index (χ4n) is 2.18. The number of rotatable bonds is 1. The number of thioether (sulfide) groups is 1. The highest BCUT2D eigenvalue weighted by atomic mass is 32.2. The molecule has 100 valence electrons. The van der Waals surface area contributed by atoms with Crippen molar-refractivity contribution in [2.75, 3.05) is 0 Å². The van der Waals surface area contributed by atoms with E-state index in [0.717, 1.165) is 16.9 Å². The molecule has 2 aliphatic rings. The molecule has 1 unspecified atom stereocenters. The van der Waals surface area contributed by atoms with E-state index in [-0.39, 0.29) is 16.9 Å². The zero-order chi connectivity index (χ0) is 13.3. The Morgan fingerprint density at radius 2 is 2.17 bits per heavy atom. The van der Waals surface area contributed by atoms with Gasteiger partial charge in [0.1, 0.15) is 5.76 Å². The lowest BCUT2D eigenvalue weighted by molar-refractivity contribution is -0.306. The molecule has 1 aliphatic carbocycles. The highest BCUT2D eigenvalue weighted by Crippen LogP contribution is 2.40. The number of hydrogen-bond donors (Lipinski definition) is 0. The molecule has 0 aromatic heterocycles. The van der Waals surface area contributed by atoms with Crippen molar-refractivity contribution >= 4 is 11.8 Å². The lowest BCUT2D eigenvalue weighted by Gasteiger charge is -2.17. The summed E-state index contributed by atoms with van der Waals surface area (Å²) in [6, 6.07) is 0. The third kappa shape index (κ3) is 3.57. The van der Waals surface area contributed by atoms with Crippen LogP contribution in [-0.4, -0.2) is 11.6 Å². The average molecular weight is 276 g/mol. The molecule has 2 bridgehead atoms.